The Morgan fingerprint density at radius 1 is 1.15 bits per heavy atom. The molecular weight excluding hydrogens is 401 g/mol. The molecule has 0 saturated heterocycles. The minimum absolute atomic E-state index is 0.0465. The fourth-order valence-electron chi connectivity index (χ4n) is 2.24. The van der Waals surface area contributed by atoms with Crippen LogP contribution in [0.5, 0.6) is 0 Å². The predicted molar refractivity (Wildman–Crippen MR) is 103 cm³/mol. The molecular formula is C18H17BrFN5O. The number of benzene rings is 1. The van der Waals surface area contributed by atoms with Gasteiger partial charge >= 0.3 is 0 Å². The molecule has 3 rings (SSSR count). The molecule has 0 unspecified atom stereocenters. The van der Waals surface area contributed by atoms with Crippen molar-refractivity contribution in [1.29, 1.82) is 0 Å². The van der Waals surface area contributed by atoms with Crippen molar-refractivity contribution in [1.82, 2.24) is 15.0 Å². The normalized spacial score (nSPS) is 11.8. The van der Waals surface area contributed by atoms with E-state index in [1.807, 2.05) is 19.1 Å². The molecule has 2 heterocycles. The standard InChI is InChI=1S/C18H17BrFN5O/c1-11(10-26)22-18-24-16(12-4-6-21-7-5-12)9-17(25-18)23-15-3-2-13(20)8-14(15)19/h2-9,11,26H,10H2,1H3,(H2,22,23,24,25)/t11-/m1/s1. The van der Waals surface area contributed by atoms with Crippen LogP contribution in [-0.2, 0) is 0 Å². The first-order valence-corrected chi connectivity index (χ1v) is 8.73. The van der Waals surface area contributed by atoms with Crippen LogP contribution in [-0.4, -0.2) is 32.7 Å². The van der Waals surface area contributed by atoms with E-state index in [0.717, 1.165) is 5.56 Å². The maximum Gasteiger partial charge on any atom is 0.225 e. The Hall–Kier alpha value is -2.58. The van der Waals surface area contributed by atoms with Gasteiger partial charge < -0.3 is 15.7 Å². The number of pyridine rings is 1. The Bertz CT molecular complexity index is 894. The first-order valence-electron chi connectivity index (χ1n) is 7.94. The molecule has 0 saturated carbocycles. The quantitative estimate of drug-likeness (QED) is 0.562. The van der Waals surface area contributed by atoms with Crippen LogP contribution in [0.25, 0.3) is 11.3 Å². The topological polar surface area (TPSA) is 83.0 Å². The summed E-state index contributed by atoms with van der Waals surface area (Å²) in [6.45, 7) is 1.78. The minimum Gasteiger partial charge on any atom is -0.394 e. The van der Waals surface area contributed by atoms with Crippen LogP contribution in [0.2, 0.25) is 0 Å². The maximum absolute atomic E-state index is 13.3. The number of hydrogen-bond acceptors (Lipinski definition) is 6. The number of aromatic nitrogens is 3. The van der Waals surface area contributed by atoms with Crippen molar-refractivity contribution in [2.75, 3.05) is 17.2 Å². The number of nitrogens with one attached hydrogen (secondary N) is 2. The van der Waals surface area contributed by atoms with Gasteiger partial charge in [-0.3, -0.25) is 4.98 Å². The zero-order valence-corrected chi connectivity index (χ0v) is 15.5. The molecule has 0 aliphatic rings. The second-order valence-electron chi connectivity index (χ2n) is 5.68. The number of rotatable bonds is 6. The lowest BCUT2D eigenvalue weighted by Gasteiger charge is -2.14. The molecule has 0 amide bonds. The molecule has 3 N–H and O–H groups in total. The van der Waals surface area contributed by atoms with Gasteiger partial charge in [0.1, 0.15) is 11.6 Å². The molecule has 0 aliphatic carbocycles. The third kappa shape index (κ3) is 4.53. The molecule has 6 nitrogen and oxygen atoms in total. The Morgan fingerprint density at radius 2 is 1.92 bits per heavy atom. The highest BCUT2D eigenvalue weighted by atomic mass is 79.9. The summed E-state index contributed by atoms with van der Waals surface area (Å²) in [5.41, 5.74) is 2.24. The van der Waals surface area contributed by atoms with Gasteiger partial charge in [-0.2, -0.15) is 4.98 Å². The minimum atomic E-state index is -0.332. The Labute approximate surface area is 158 Å². The van der Waals surface area contributed by atoms with E-state index in [4.69, 9.17) is 0 Å². The van der Waals surface area contributed by atoms with Crippen molar-refractivity contribution in [3.05, 3.63) is 59.1 Å². The summed E-state index contributed by atoms with van der Waals surface area (Å²) in [5.74, 6) is 0.579. The zero-order valence-electron chi connectivity index (χ0n) is 13.9. The first kappa shape index (κ1) is 18.2. The SMILES string of the molecule is C[C@H](CO)Nc1nc(Nc2ccc(F)cc2Br)cc(-c2ccncc2)n1. The van der Waals surface area contributed by atoms with E-state index in [2.05, 4.69) is 41.5 Å². The van der Waals surface area contributed by atoms with E-state index in [-0.39, 0.29) is 18.5 Å². The van der Waals surface area contributed by atoms with Crippen LogP contribution in [0.3, 0.4) is 0 Å². The van der Waals surface area contributed by atoms with Gasteiger partial charge in [0.25, 0.3) is 0 Å². The van der Waals surface area contributed by atoms with E-state index < -0.39 is 0 Å². The summed E-state index contributed by atoms with van der Waals surface area (Å²) in [5, 5.41) is 15.5. The van der Waals surface area contributed by atoms with Crippen LogP contribution < -0.4 is 10.6 Å². The highest BCUT2D eigenvalue weighted by Crippen LogP contribution is 2.28. The van der Waals surface area contributed by atoms with Gasteiger partial charge in [0, 0.05) is 34.5 Å². The largest absolute Gasteiger partial charge is 0.394 e. The molecule has 0 fully saturated rings. The lowest BCUT2D eigenvalue weighted by atomic mass is 10.2. The second-order valence-corrected chi connectivity index (χ2v) is 6.53. The summed E-state index contributed by atoms with van der Waals surface area (Å²) in [7, 11) is 0. The van der Waals surface area contributed by atoms with Gasteiger partial charge in [-0.15, -0.1) is 0 Å². The highest BCUT2D eigenvalue weighted by molar-refractivity contribution is 9.10. The molecule has 134 valence electrons. The Balaban J connectivity index is 1.98. The van der Waals surface area contributed by atoms with Crippen LogP contribution in [0.4, 0.5) is 21.8 Å². The summed E-state index contributed by atoms with van der Waals surface area (Å²) in [4.78, 5) is 12.9. The molecule has 1 aromatic carbocycles. The number of aliphatic hydroxyl groups excluding tert-OH is 1. The lowest BCUT2D eigenvalue weighted by molar-refractivity contribution is 0.281. The van der Waals surface area contributed by atoms with Crippen LogP contribution >= 0.6 is 15.9 Å². The van der Waals surface area contributed by atoms with Crippen LogP contribution in [0.1, 0.15) is 6.92 Å². The zero-order chi connectivity index (χ0) is 18.5. The van der Waals surface area contributed by atoms with E-state index in [1.165, 1.54) is 12.1 Å². The van der Waals surface area contributed by atoms with Crippen molar-refractivity contribution in [2.24, 2.45) is 0 Å². The van der Waals surface area contributed by atoms with Gasteiger partial charge in [0.2, 0.25) is 5.95 Å². The van der Waals surface area contributed by atoms with E-state index in [1.54, 1.807) is 24.5 Å². The lowest BCUT2D eigenvalue weighted by Crippen LogP contribution is -2.21. The van der Waals surface area contributed by atoms with Gasteiger partial charge in [0.05, 0.1) is 18.0 Å². The molecule has 0 aliphatic heterocycles. The third-order valence-electron chi connectivity index (χ3n) is 3.55. The second kappa shape index (κ2) is 8.20. The molecule has 2 aromatic heterocycles. The Morgan fingerprint density at radius 3 is 2.62 bits per heavy atom. The average molecular weight is 418 g/mol. The van der Waals surface area contributed by atoms with Crippen molar-refractivity contribution < 1.29 is 9.50 Å². The molecule has 26 heavy (non-hydrogen) atoms. The molecule has 0 radical (unpaired) electrons. The third-order valence-corrected chi connectivity index (χ3v) is 4.20. The molecule has 0 spiro atoms. The van der Waals surface area contributed by atoms with E-state index in [0.29, 0.717) is 27.6 Å². The van der Waals surface area contributed by atoms with E-state index in [9.17, 15) is 9.50 Å². The van der Waals surface area contributed by atoms with Gasteiger partial charge in [-0.1, -0.05) is 0 Å². The van der Waals surface area contributed by atoms with Gasteiger partial charge in [0.15, 0.2) is 0 Å². The molecule has 3 aromatic rings. The monoisotopic (exact) mass is 417 g/mol. The summed E-state index contributed by atoms with van der Waals surface area (Å²) >= 11 is 3.34. The van der Waals surface area contributed by atoms with Gasteiger partial charge in [-0.05, 0) is 53.2 Å². The number of hydrogen-bond donors (Lipinski definition) is 3. The number of halogens is 2. The van der Waals surface area contributed by atoms with Crippen molar-refractivity contribution in [3.63, 3.8) is 0 Å². The number of nitrogens with zero attached hydrogens (tertiary/aromatic N) is 3. The summed E-state index contributed by atoms with van der Waals surface area (Å²) in [6.07, 6.45) is 3.37. The summed E-state index contributed by atoms with van der Waals surface area (Å²) < 4.78 is 13.9. The Kier molecular flexibility index (Phi) is 5.75. The van der Waals surface area contributed by atoms with Crippen molar-refractivity contribution in [3.8, 4) is 11.3 Å². The maximum atomic E-state index is 13.3. The van der Waals surface area contributed by atoms with Crippen LogP contribution in [0.15, 0.2) is 53.3 Å². The van der Waals surface area contributed by atoms with Gasteiger partial charge in [-0.25, -0.2) is 9.37 Å². The number of anilines is 3. The van der Waals surface area contributed by atoms with Crippen LogP contribution in [0, 0.1) is 5.82 Å². The predicted octanol–water partition coefficient (Wildman–Crippen LogP) is 3.98. The molecule has 8 heteroatoms. The highest BCUT2D eigenvalue weighted by Gasteiger charge is 2.10. The molecule has 1 atom stereocenters. The fraction of sp³-hybridized carbons (Fsp3) is 0.167. The van der Waals surface area contributed by atoms with E-state index >= 15 is 0 Å². The number of aliphatic hydroxyl groups is 1. The smallest absolute Gasteiger partial charge is 0.225 e. The molecule has 0 bridgehead atoms. The first-order chi connectivity index (χ1) is 12.5. The van der Waals surface area contributed by atoms with Crippen molar-refractivity contribution in [2.45, 2.75) is 13.0 Å². The van der Waals surface area contributed by atoms with Crippen molar-refractivity contribution >= 4 is 33.4 Å². The average Bonchev–Trinajstić information content (AvgIpc) is 2.64. The summed E-state index contributed by atoms with van der Waals surface area (Å²) in [6, 6.07) is 9.65. The fourth-order valence-corrected chi connectivity index (χ4v) is 2.69.